The van der Waals surface area contributed by atoms with Gasteiger partial charge in [-0.25, -0.2) is 0 Å². The Morgan fingerprint density at radius 2 is 2.19 bits per heavy atom. The molecule has 0 amide bonds. The van der Waals surface area contributed by atoms with Crippen LogP contribution >= 0.6 is 0 Å². The molecule has 0 bridgehead atoms. The summed E-state index contributed by atoms with van der Waals surface area (Å²) in [5.74, 6) is 0.437. The summed E-state index contributed by atoms with van der Waals surface area (Å²) in [6.07, 6.45) is 4.02. The summed E-state index contributed by atoms with van der Waals surface area (Å²) in [5.41, 5.74) is 1.57. The van der Waals surface area contributed by atoms with Crippen molar-refractivity contribution in [1.29, 1.82) is 0 Å². The maximum absolute atomic E-state index is 10.7. The average molecular weight is 218 g/mol. The van der Waals surface area contributed by atoms with Gasteiger partial charge in [-0.2, -0.15) is 0 Å². The second-order valence-electron chi connectivity index (χ2n) is 3.42. The molecule has 0 atom stereocenters. The molecule has 1 aromatic carbocycles. The first kappa shape index (κ1) is 12.0. The molecular weight excluding hydrogens is 204 g/mol. The second kappa shape index (κ2) is 5.16. The summed E-state index contributed by atoms with van der Waals surface area (Å²) in [7, 11) is 1.51. The summed E-state index contributed by atoms with van der Waals surface area (Å²) in [6, 6.07) is 3.15. The van der Waals surface area contributed by atoms with Crippen LogP contribution in [-0.4, -0.2) is 18.5 Å². The predicted molar refractivity (Wildman–Crippen MR) is 63.9 cm³/mol. The molecule has 0 unspecified atom stereocenters. The Morgan fingerprint density at radius 3 is 2.69 bits per heavy atom. The molecule has 0 aliphatic heterocycles. The summed E-state index contributed by atoms with van der Waals surface area (Å²) in [4.78, 5) is 10.7. The second-order valence-corrected chi connectivity index (χ2v) is 3.42. The molecule has 0 saturated carbocycles. The topological polar surface area (TPSA) is 46.5 Å². The molecule has 16 heavy (non-hydrogen) atoms. The fraction of sp³-hybridized carbons (Fsp3) is 0.154. The van der Waals surface area contributed by atoms with Gasteiger partial charge in [-0.3, -0.25) is 4.79 Å². The molecule has 1 N–H and O–H groups in total. The Morgan fingerprint density at radius 1 is 1.50 bits per heavy atom. The van der Waals surface area contributed by atoms with Gasteiger partial charge >= 0.3 is 0 Å². The van der Waals surface area contributed by atoms with E-state index >= 15 is 0 Å². The molecule has 84 valence electrons. The quantitative estimate of drug-likeness (QED) is 0.624. The maximum atomic E-state index is 10.7. The van der Waals surface area contributed by atoms with Gasteiger partial charge in [0.05, 0.1) is 18.2 Å². The van der Waals surface area contributed by atoms with Crippen LogP contribution in [0.1, 0.15) is 22.8 Å². The van der Waals surface area contributed by atoms with Crippen molar-refractivity contribution in [2.75, 3.05) is 7.11 Å². The van der Waals surface area contributed by atoms with E-state index < -0.39 is 0 Å². The van der Waals surface area contributed by atoms with E-state index in [1.165, 1.54) is 13.2 Å². The fourth-order valence-corrected chi connectivity index (χ4v) is 1.27. The van der Waals surface area contributed by atoms with Crippen LogP contribution in [0.15, 0.2) is 30.4 Å². The molecule has 1 aromatic rings. The number of hydrogen-bond donors (Lipinski definition) is 1. The van der Waals surface area contributed by atoms with Gasteiger partial charge in [-0.15, -0.1) is 0 Å². The average Bonchev–Trinajstić information content (AvgIpc) is 2.26. The van der Waals surface area contributed by atoms with Crippen LogP contribution in [0, 0.1) is 0 Å². The normalized spacial score (nSPS) is 10.4. The monoisotopic (exact) mass is 218 g/mol. The minimum atomic E-state index is -0.0770. The van der Waals surface area contributed by atoms with Crippen molar-refractivity contribution in [1.82, 2.24) is 0 Å². The molecule has 0 aliphatic carbocycles. The third kappa shape index (κ3) is 2.51. The highest BCUT2D eigenvalue weighted by Gasteiger charge is 2.10. The number of hydrogen-bond acceptors (Lipinski definition) is 3. The van der Waals surface area contributed by atoms with Crippen molar-refractivity contribution in [3.8, 4) is 11.5 Å². The van der Waals surface area contributed by atoms with E-state index in [1.54, 1.807) is 18.2 Å². The van der Waals surface area contributed by atoms with Gasteiger partial charge in [-0.05, 0) is 25.1 Å². The molecule has 0 saturated heterocycles. The summed E-state index contributed by atoms with van der Waals surface area (Å²) in [5, 5.41) is 9.82. The van der Waals surface area contributed by atoms with E-state index in [1.807, 2.05) is 6.92 Å². The van der Waals surface area contributed by atoms with Crippen molar-refractivity contribution in [3.63, 3.8) is 0 Å². The van der Waals surface area contributed by atoms with Gasteiger partial charge in [0.2, 0.25) is 0 Å². The highest BCUT2D eigenvalue weighted by molar-refractivity contribution is 5.84. The van der Waals surface area contributed by atoms with Crippen LogP contribution in [0.5, 0.6) is 11.5 Å². The van der Waals surface area contributed by atoms with E-state index in [0.717, 1.165) is 5.57 Å². The zero-order valence-corrected chi connectivity index (χ0v) is 9.36. The number of benzene rings is 1. The summed E-state index contributed by atoms with van der Waals surface area (Å²) >= 11 is 0. The summed E-state index contributed by atoms with van der Waals surface area (Å²) in [6.45, 7) is 5.56. The lowest BCUT2D eigenvalue weighted by Gasteiger charge is -2.08. The van der Waals surface area contributed by atoms with Gasteiger partial charge in [0.15, 0.2) is 6.29 Å². The van der Waals surface area contributed by atoms with Gasteiger partial charge in [0.25, 0.3) is 0 Å². The van der Waals surface area contributed by atoms with Crippen molar-refractivity contribution < 1.29 is 14.6 Å². The number of carbonyl (C=O) groups is 1. The van der Waals surface area contributed by atoms with E-state index in [-0.39, 0.29) is 11.3 Å². The molecule has 3 heteroatoms. The lowest BCUT2D eigenvalue weighted by atomic mass is 10.1. The van der Waals surface area contributed by atoms with Crippen molar-refractivity contribution in [2.24, 2.45) is 0 Å². The molecule has 0 fully saturated rings. The van der Waals surface area contributed by atoms with Crippen molar-refractivity contribution in [2.45, 2.75) is 6.92 Å². The van der Waals surface area contributed by atoms with Gasteiger partial charge in [0.1, 0.15) is 11.5 Å². The van der Waals surface area contributed by atoms with Crippen LogP contribution in [0.4, 0.5) is 0 Å². The molecule has 0 aliphatic rings. The lowest BCUT2D eigenvalue weighted by Crippen LogP contribution is -1.91. The zero-order chi connectivity index (χ0) is 12.1. The maximum Gasteiger partial charge on any atom is 0.153 e. The van der Waals surface area contributed by atoms with Crippen molar-refractivity contribution >= 4 is 12.4 Å². The molecule has 0 heterocycles. The minimum Gasteiger partial charge on any atom is -0.506 e. The van der Waals surface area contributed by atoms with Crippen LogP contribution < -0.4 is 4.74 Å². The Kier molecular flexibility index (Phi) is 3.89. The first-order valence-electron chi connectivity index (χ1n) is 4.79. The predicted octanol–water partition coefficient (Wildman–Crippen LogP) is 2.80. The first-order chi connectivity index (χ1) is 7.60. The van der Waals surface area contributed by atoms with E-state index in [2.05, 4.69) is 6.58 Å². The molecule has 0 spiro atoms. The van der Waals surface area contributed by atoms with E-state index in [0.29, 0.717) is 17.6 Å². The molecule has 0 radical (unpaired) electrons. The largest absolute Gasteiger partial charge is 0.506 e. The number of phenols is 1. The number of carbonyl (C=O) groups excluding carboxylic acids is 1. The number of ether oxygens (including phenoxy) is 1. The van der Waals surface area contributed by atoms with Crippen LogP contribution in [0.2, 0.25) is 0 Å². The molecule has 1 rings (SSSR count). The smallest absolute Gasteiger partial charge is 0.153 e. The van der Waals surface area contributed by atoms with Gasteiger partial charge in [0, 0.05) is 0 Å². The first-order valence-corrected chi connectivity index (χ1v) is 4.79. The van der Waals surface area contributed by atoms with Gasteiger partial charge < -0.3 is 9.84 Å². The number of methoxy groups -OCH3 is 1. The fourth-order valence-electron chi connectivity index (χ4n) is 1.27. The minimum absolute atomic E-state index is 0.0770. The third-order valence-corrected chi connectivity index (χ3v) is 2.09. The highest BCUT2D eigenvalue weighted by atomic mass is 16.5. The molecular formula is C13H14O3. The van der Waals surface area contributed by atoms with Crippen LogP contribution in [0.25, 0.3) is 6.08 Å². The Bertz CT molecular complexity index is 445. The highest BCUT2D eigenvalue weighted by Crippen LogP contribution is 2.31. The van der Waals surface area contributed by atoms with E-state index in [9.17, 15) is 9.90 Å². The zero-order valence-electron chi connectivity index (χ0n) is 9.36. The summed E-state index contributed by atoms with van der Waals surface area (Å²) < 4.78 is 5.10. The Balaban J connectivity index is 3.31. The van der Waals surface area contributed by atoms with Crippen molar-refractivity contribution in [3.05, 3.63) is 41.5 Å². The standard InChI is InChI=1S/C13H14O3/c1-9(2)4-6-11-12(16-3)7-5-10(8-14)13(11)15/h4-8,15H,1H2,2-3H3. The Labute approximate surface area is 94.7 Å². The molecule has 3 nitrogen and oxygen atoms in total. The van der Waals surface area contributed by atoms with Gasteiger partial charge in [-0.1, -0.05) is 18.2 Å². The van der Waals surface area contributed by atoms with Crippen LogP contribution in [-0.2, 0) is 0 Å². The van der Waals surface area contributed by atoms with E-state index in [4.69, 9.17) is 4.74 Å². The van der Waals surface area contributed by atoms with Crippen LogP contribution in [0.3, 0.4) is 0 Å². The number of rotatable bonds is 4. The SMILES string of the molecule is C=C(C)C=Cc1c(OC)ccc(C=O)c1O. The molecule has 0 aromatic heterocycles. The number of aromatic hydroxyl groups is 1. The number of allylic oxidation sites excluding steroid dienone is 2. The number of phenolic OH excluding ortho intramolecular Hbond substituents is 1. The third-order valence-electron chi connectivity index (χ3n) is 2.09. The number of aldehydes is 1. The lowest BCUT2D eigenvalue weighted by molar-refractivity contribution is 0.112. The Hall–Kier alpha value is -2.03.